The summed E-state index contributed by atoms with van der Waals surface area (Å²) in [6.07, 6.45) is -3.56. The molecule has 0 spiro atoms. The Morgan fingerprint density at radius 1 is 1.15 bits per heavy atom. The molecule has 0 bridgehead atoms. The predicted octanol–water partition coefficient (Wildman–Crippen LogP) is 3.85. The molecule has 0 amide bonds. The van der Waals surface area contributed by atoms with Crippen LogP contribution in [-0.2, 0) is 6.18 Å². The lowest BCUT2D eigenvalue weighted by Crippen LogP contribution is -2.07. The molecule has 1 N–H and O–H groups in total. The Kier molecular flexibility index (Phi) is 3.57. The van der Waals surface area contributed by atoms with E-state index in [-0.39, 0.29) is 16.9 Å². The minimum atomic E-state index is -4.52. The standard InChI is InChI=1S/C13H7F4N3/c14-10-5-8(6-18)1-3-11(10)20-9-2-4-12(19-7-9)13(15,16)17/h1-5,7,20H. The topological polar surface area (TPSA) is 48.7 Å². The number of nitrogens with zero attached hydrogens (tertiary/aromatic N) is 2. The Labute approximate surface area is 111 Å². The zero-order valence-electron chi connectivity index (χ0n) is 9.87. The maximum Gasteiger partial charge on any atom is 0.433 e. The number of nitriles is 1. The quantitative estimate of drug-likeness (QED) is 0.850. The molecule has 1 aromatic heterocycles. The Balaban J connectivity index is 2.21. The molecule has 7 heteroatoms. The molecule has 0 saturated carbocycles. The third kappa shape index (κ3) is 3.03. The fourth-order valence-corrected chi connectivity index (χ4v) is 1.48. The van der Waals surface area contributed by atoms with Crippen LogP contribution in [0.1, 0.15) is 11.3 Å². The second kappa shape index (κ2) is 5.17. The number of pyridine rings is 1. The van der Waals surface area contributed by atoms with E-state index in [0.29, 0.717) is 0 Å². The van der Waals surface area contributed by atoms with Crippen LogP contribution in [0.2, 0.25) is 0 Å². The summed E-state index contributed by atoms with van der Waals surface area (Å²) in [6.45, 7) is 0. The Hall–Kier alpha value is -2.62. The molecule has 0 aliphatic carbocycles. The van der Waals surface area contributed by atoms with E-state index in [4.69, 9.17) is 5.26 Å². The Morgan fingerprint density at radius 3 is 2.40 bits per heavy atom. The fraction of sp³-hybridized carbons (Fsp3) is 0.0769. The van der Waals surface area contributed by atoms with Crippen molar-refractivity contribution < 1.29 is 17.6 Å². The van der Waals surface area contributed by atoms with Gasteiger partial charge in [0.1, 0.15) is 11.5 Å². The molecule has 3 nitrogen and oxygen atoms in total. The van der Waals surface area contributed by atoms with E-state index in [1.807, 2.05) is 0 Å². The summed E-state index contributed by atoms with van der Waals surface area (Å²) < 4.78 is 50.5. The highest BCUT2D eigenvalue weighted by molar-refractivity contribution is 5.60. The molecule has 20 heavy (non-hydrogen) atoms. The minimum absolute atomic E-state index is 0.0468. The van der Waals surface area contributed by atoms with Gasteiger partial charge < -0.3 is 5.32 Å². The number of halogens is 4. The number of anilines is 2. The SMILES string of the molecule is N#Cc1ccc(Nc2ccc(C(F)(F)F)nc2)c(F)c1. The lowest BCUT2D eigenvalue weighted by atomic mass is 10.2. The van der Waals surface area contributed by atoms with Crippen molar-refractivity contribution in [1.82, 2.24) is 4.98 Å². The number of alkyl halides is 3. The van der Waals surface area contributed by atoms with Crippen LogP contribution >= 0.6 is 0 Å². The van der Waals surface area contributed by atoms with Crippen molar-refractivity contribution in [3.63, 3.8) is 0 Å². The van der Waals surface area contributed by atoms with Crippen LogP contribution < -0.4 is 5.32 Å². The summed E-state index contributed by atoms with van der Waals surface area (Å²) in [7, 11) is 0. The fourth-order valence-electron chi connectivity index (χ4n) is 1.48. The molecule has 1 heterocycles. The van der Waals surface area contributed by atoms with Crippen molar-refractivity contribution in [2.75, 3.05) is 5.32 Å². The first-order valence-corrected chi connectivity index (χ1v) is 5.40. The van der Waals surface area contributed by atoms with E-state index in [0.717, 1.165) is 24.4 Å². The third-order valence-corrected chi connectivity index (χ3v) is 2.43. The van der Waals surface area contributed by atoms with Crippen LogP contribution in [0.4, 0.5) is 28.9 Å². The van der Waals surface area contributed by atoms with E-state index in [2.05, 4.69) is 10.3 Å². The van der Waals surface area contributed by atoms with Gasteiger partial charge in [0.05, 0.1) is 29.2 Å². The lowest BCUT2D eigenvalue weighted by molar-refractivity contribution is -0.141. The number of hydrogen-bond acceptors (Lipinski definition) is 3. The number of rotatable bonds is 2. The molecule has 0 aliphatic rings. The highest BCUT2D eigenvalue weighted by Crippen LogP contribution is 2.28. The van der Waals surface area contributed by atoms with Crippen molar-refractivity contribution in [1.29, 1.82) is 5.26 Å². The lowest BCUT2D eigenvalue weighted by Gasteiger charge is -2.09. The average Bonchev–Trinajstić information content (AvgIpc) is 2.40. The van der Waals surface area contributed by atoms with E-state index in [1.54, 1.807) is 6.07 Å². The summed E-state index contributed by atoms with van der Waals surface area (Å²) in [5, 5.41) is 11.2. The molecule has 0 atom stereocenters. The van der Waals surface area contributed by atoms with Gasteiger partial charge >= 0.3 is 6.18 Å². The monoisotopic (exact) mass is 281 g/mol. The van der Waals surface area contributed by atoms with Crippen LogP contribution in [-0.4, -0.2) is 4.98 Å². The van der Waals surface area contributed by atoms with Crippen molar-refractivity contribution in [2.24, 2.45) is 0 Å². The average molecular weight is 281 g/mol. The van der Waals surface area contributed by atoms with Crippen LogP contribution in [0.15, 0.2) is 36.5 Å². The first-order chi connectivity index (χ1) is 9.40. The second-order valence-corrected chi connectivity index (χ2v) is 3.86. The van der Waals surface area contributed by atoms with Crippen LogP contribution in [0.25, 0.3) is 0 Å². The van der Waals surface area contributed by atoms with Crippen molar-refractivity contribution in [3.05, 3.63) is 53.6 Å². The van der Waals surface area contributed by atoms with Gasteiger partial charge in [-0.15, -0.1) is 0 Å². The van der Waals surface area contributed by atoms with Gasteiger partial charge in [-0.25, -0.2) is 9.37 Å². The van der Waals surface area contributed by atoms with E-state index in [1.165, 1.54) is 12.1 Å². The van der Waals surface area contributed by atoms with Gasteiger partial charge in [0, 0.05) is 0 Å². The van der Waals surface area contributed by atoms with Gasteiger partial charge in [0.15, 0.2) is 0 Å². The van der Waals surface area contributed by atoms with Gasteiger partial charge in [-0.2, -0.15) is 18.4 Å². The third-order valence-electron chi connectivity index (χ3n) is 2.43. The van der Waals surface area contributed by atoms with Gasteiger partial charge in [0.2, 0.25) is 0 Å². The minimum Gasteiger partial charge on any atom is -0.352 e. The summed E-state index contributed by atoms with van der Waals surface area (Å²) in [5.41, 5.74) is -0.617. The normalized spacial score (nSPS) is 10.9. The van der Waals surface area contributed by atoms with E-state index < -0.39 is 17.7 Å². The second-order valence-electron chi connectivity index (χ2n) is 3.86. The maximum atomic E-state index is 13.6. The number of hydrogen-bond donors (Lipinski definition) is 1. The molecule has 102 valence electrons. The summed E-state index contributed by atoms with van der Waals surface area (Å²) in [6, 6.07) is 7.46. The van der Waals surface area contributed by atoms with Gasteiger partial charge in [-0.1, -0.05) is 0 Å². The maximum absolute atomic E-state index is 13.6. The number of nitrogens with one attached hydrogen (secondary N) is 1. The number of benzene rings is 1. The molecule has 0 saturated heterocycles. The van der Waals surface area contributed by atoms with Crippen LogP contribution in [0.5, 0.6) is 0 Å². The van der Waals surface area contributed by atoms with Gasteiger partial charge in [-0.3, -0.25) is 0 Å². The highest BCUT2D eigenvalue weighted by atomic mass is 19.4. The van der Waals surface area contributed by atoms with Gasteiger partial charge in [0.25, 0.3) is 0 Å². The molecule has 2 aromatic rings. The molecule has 0 aliphatic heterocycles. The van der Waals surface area contributed by atoms with E-state index >= 15 is 0 Å². The Morgan fingerprint density at radius 2 is 1.90 bits per heavy atom. The molecular weight excluding hydrogens is 274 g/mol. The highest BCUT2D eigenvalue weighted by Gasteiger charge is 2.32. The van der Waals surface area contributed by atoms with Crippen molar-refractivity contribution in [3.8, 4) is 6.07 Å². The first-order valence-electron chi connectivity index (χ1n) is 5.40. The zero-order valence-corrected chi connectivity index (χ0v) is 9.87. The van der Waals surface area contributed by atoms with Crippen molar-refractivity contribution in [2.45, 2.75) is 6.18 Å². The molecule has 0 unspecified atom stereocenters. The summed E-state index contributed by atoms with van der Waals surface area (Å²) in [5.74, 6) is -0.677. The van der Waals surface area contributed by atoms with Crippen LogP contribution in [0.3, 0.4) is 0 Å². The predicted molar refractivity (Wildman–Crippen MR) is 63.6 cm³/mol. The summed E-state index contributed by atoms with van der Waals surface area (Å²) >= 11 is 0. The molecule has 1 aromatic carbocycles. The largest absolute Gasteiger partial charge is 0.433 e. The Bertz CT molecular complexity index is 657. The molecular formula is C13H7F4N3. The molecule has 2 rings (SSSR count). The number of aromatic nitrogens is 1. The van der Waals surface area contributed by atoms with Crippen LogP contribution in [0, 0.1) is 17.1 Å². The van der Waals surface area contributed by atoms with E-state index in [9.17, 15) is 17.6 Å². The first kappa shape index (κ1) is 13.8. The van der Waals surface area contributed by atoms with Crippen molar-refractivity contribution >= 4 is 11.4 Å². The smallest absolute Gasteiger partial charge is 0.352 e. The van der Waals surface area contributed by atoms with Gasteiger partial charge in [-0.05, 0) is 30.3 Å². The zero-order chi connectivity index (χ0) is 14.8. The summed E-state index contributed by atoms with van der Waals surface area (Å²) in [4.78, 5) is 3.25. The molecule has 0 fully saturated rings. The molecule has 0 radical (unpaired) electrons.